The number of likely N-dealkylation sites (tertiary alicyclic amines) is 1. The van der Waals surface area contributed by atoms with Crippen molar-refractivity contribution in [2.45, 2.75) is 19.4 Å². The average Bonchev–Trinajstić information content (AvgIpc) is 3.01. The summed E-state index contributed by atoms with van der Waals surface area (Å²) in [5.41, 5.74) is 2.60. The second kappa shape index (κ2) is 5.97. The zero-order valence-electron chi connectivity index (χ0n) is 11.1. The van der Waals surface area contributed by atoms with Crippen molar-refractivity contribution >= 4 is 11.3 Å². The lowest BCUT2D eigenvalue weighted by Crippen LogP contribution is -2.20. The molecule has 1 saturated heterocycles. The van der Waals surface area contributed by atoms with Crippen molar-refractivity contribution in [3.8, 4) is 0 Å². The highest BCUT2D eigenvalue weighted by atomic mass is 32.1. The van der Waals surface area contributed by atoms with Crippen LogP contribution >= 0.6 is 11.3 Å². The Hall–Kier alpha value is -1.33. The largest absolute Gasteiger partial charge is 0.298 e. The molecule has 1 aliphatic rings. The van der Waals surface area contributed by atoms with Gasteiger partial charge in [-0.15, -0.1) is 11.3 Å². The molecule has 20 heavy (non-hydrogen) atoms. The number of hydrogen-bond donors (Lipinski definition) is 0. The predicted octanol–water partition coefficient (Wildman–Crippen LogP) is 3.49. The van der Waals surface area contributed by atoms with Gasteiger partial charge < -0.3 is 0 Å². The Morgan fingerprint density at radius 2 is 2.05 bits per heavy atom. The number of hydrogen-bond acceptors (Lipinski definition) is 3. The third kappa shape index (κ3) is 3.41. The van der Waals surface area contributed by atoms with E-state index >= 15 is 0 Å². The van der Waals surface area contributed by atoms with E-state index in [2.05, 4.69) is 9.88 Å². The second-order valence-corrected chi connectivity index (χ2v) is 6.31. The fourth-order valence-electron chi connectivity index (χ4n) is 2.83. The normalized spacial score (nSPS) is 19.6. The van der Waals surface area contributed by atoms with Gasteiger partial charge in [0, 0.05) is 30.2 Å². The molecule has 5 heteroatoms. The Labute approximate surface area is 121 Å². The average molecular weight is 294 g/mol. The van der Waals surface area contributed by atoms with Gasteiger partial charge >= 0.3 is 0 Å². The molecule has 1 aliphatic heterocycles. The van der Waals surface area contributed by atoms with Gasteiger partial charge in [0.2, 0.25) is 0 Å². The Kier molecular flexibility index (Phi) is 4.08. The van der Waals surface area contributed by atoms with Crippen LogP contribution < -0.4 is 0 Å². The highest BCUT2D eigenvalue weighted by Gasteiger charge is 2.23. The summed E-state index contributed by atoms with van der Waals surface area (Å²) in [5, 5.41) is 0. The van der Waals surface area contributed by atoms with E-state index in [1.54, 1.807) is 11.3 Å². The SMILES string of the molecule is Fc1cc(F)cc(CC2CCN(Cc3cncs3)C2)c1. The molecule has 0 amide bonds. The van der Waals surface area contributed by atoms with E-state index < -0.39 is 11.6 Å². The molecular weight excluding hydrogens is 278 g/mol. The Morgan fingerprint density at radius 1 is 1.25 bits per heavy atom. The summed E-state index contributed by atoms with van der Waals surface area (Å²) in [6, 6.07) is 3.80. The number of aromatic nitrogens is 1. The third-order valence-electron chi connectivity index (χ3n) is 3.68. The third-order valence-corrected chi connectivity index (χ3v) is 4.44. The molecule has 0 spiro atoms. The molecule has 0 bridgehead atoms. The van der Waals surface area contributed by atoms with Crippen molar-refractivity contribution in [3.63, 3.8) is 0 Å². The molecule has 106 valence electrons. The first kappa shape index (κ1) is 13.6. The van der Waals surface area contributed by atoms with Crippen LogP contribution in [0.2, 0.25) is 0 Å². The maximum atomic E-state index is 13.2. The molecule has 1 aromatic carbocycles. The van der Waals surface area contributed by atoms with Crippen molar-refractivity contribution in [2.24, 2.45) is 5.92 Å². The molecule has 1 unspecified atom stereocenters. The van der Waals surface area contributed by atoms with Crippen molar-refractivity contribution in [1.82, 2.24) is 9.88 Å². The van der Waals surface area contributed by atoms with Crippen molar-refractivity contribution < 1.29 is 8.78 Å². The maximum absolute atomic E-state index is 13.2. The lowest BCUT2D eigenvalue weighted by atomic mass is 9.98. The number of benzene rings is 1. The monoisotopic (exact) mass is 294 g/mol. The smallest absolute Gasteiger partial charge is 0.126 e. The van der Waals surface area contributed by atoms with E-state index in [9.17, 15) is 8.78 Å². The van der Waals surface area contributed by atoms with Gasteiger partial charge in [-0.05, 0) is 43.0 Å². The summed E-state index contributed by atoms with van der Waals surface area (Å²) >= 11 is 1.67. The number of rotatable bonds is 4. The van der Waals surface area contributed by atoms with Crippen LogP contribution in [0, 0.1) is 17.6 Å². The Bertz CT molecular complexity index is 551. The minimum atomic E-state index is -0.487. The predicted molar refractivity (Wildman–Crippen MR) is 75.6 cm³/mol. The topological polar surface area (TPSA) is 16.1 Å². The fourth-order valence-corrected chi connectivity index (χ4v) is 3.46. The van der Waals surface area contributed by atoms with Gasteiger partial charge in [-0.1, -0.05) is 0 Å². The van der Waals surface area contributed by atoms with Crippen LogP contribution in [0.1, 0.15) is 16.9 Å². The lowest BCUT2D eigenvalue weighted by molar-refractivity contribution is 0.319. The van der Waals surface area contributed by atoms with E-state index in [4.69, 9.17) is 0 Å². The highest BCUT2D eigenvalue weighted by Crippen LogP contribution is 2.24. The van der Waals surface area contributed by atoms with Crippen LogP contribution in [0.4, 0.5) is 8.78 Å². The van der Waals surface area contributed by atoms with Gasteiger partial charge in [0.15, 0.2) is 0 Å². The number of thiazole rings is 1. The van der Waals surface area contributed by atoms with Gasteiger partial charge in [0.05, 0.1) is 5.51 Å². The van der Waals surface area contributed by atoms with Gasteiger partial charge in [-0.3, -0.25) is 9.88 Å². The van der Waals surface area contributed by atoms with Crippen molar-refractivity contribution in [2.75, 3.05) is 13.1 Å². The number of halogens is 2. The van der Waals surface area contributed by atoms with Crippen molar-refractivity contribution in [3.05, 3.63) is 52.0 Å². The standard InChI is InChI=1S/C15H16F2N2S/c16-13-4-12(5-14(17)6-13)3-11-1-2-19(8-11)9-15-7-18-10-20-15/h4-7,10-11H,1-3,8-9H2. The first-order valence-electron chi connectivity index (χ1n) is 6.74. The maximum Gasteiger partial charge on any atom is 0.126 e. The van der Waals surface area contributed by atoms with Crippen LogP contribution in [0.3, 0.4) is 0 Å². The zero-order valence-corrected chi connectivity index (χ0v) is 11.9. The first-order chi connectivity index (χ1) is 9.69. The van der Waals surface area contributed by atoms with Crippen molar-refractivity contribution in [1.29, 1.82) is 0 Å². The Morgan fingerprint density at radius 3 is 2.75 bits per heavy atom. The minimum absolute atomic E-state index is 0.476. The van der Waals surface area contributed by atoms with Gasteiger partial charge in [0.1, 0.15) is 11.6 Å². The fraction of sp³-hybridized carbons (Fsp3) is 0.400. The summed E-state index contributed by atoms with van der Waals surface area (Å²) in [4.78, 5) is 7.73. The van der Waals surface area contributed by atoms with E-state index in [0.717, 1.165) is 44.1 Å². The summed E-state index contributed by atoms with van der Waals surface area (Å²) in [7, 11) is 0. The molecule has 2 nitrogen and oxygen atoms in total. The minimum Gasteiger partial charge on any atom is -0.298 e. The highest BCUT2D eigenvalue weighted by molar-refractivity contribution is 7.09. The molecule has 3 rings (SSSR count). The number of nitrogens with zero attached hydrogens (tertiary/aromatic N) is 2. The molecule has 0 radical (unpaired) electrons. The van der Waals surface area contributed by atoms with Crippen LogP contribution in [0.5, 0.6) is 0 Å². The lowest BCUT2D eigenvalue weighted by Gasteiger charge is -2.14. The molecule has 1 atom stereocenters. The quantitative estimate of drug-likeness (QED) is 0.858. The molecular formula is C15H16F2N2S. The molecule has 0 saturated carbocycles. The summed E-state index contributed by atoms with van der Waals surface area (Å²) in [6.07, 6.45) is 3.73. The zero-order chi connectivity index (χ0) is 13.9. The molecule has 2 aromatic rings. The molecule has 0 aliphatic carbocycles. The van der Waals surface area contributed by atoms with Crippen LogP contribution in [-0.4, -0.2) is 23.0 Å². The van der Waals surface area contributed by atoms with Crippen LogP contribution in [-0.2, 0) is 13.0 Å². The van der Waals surface area contributed by atoms with Gasteiger partial charge in [-0.2, -0.15) is 0 Å². The van der Waals surface area contributed by atoms with E-state index in [0.29, 0.717) is 5.92 Å². The second-order valence-electron chi connectivity index (χ2n) is 5.34. The molecule has 2 heterocycles. The first-order valence-corrected chi connectivity index (χ1v) is 7.62. The summed E-state index contributed by atoms with van der Waals surface area (Å²) in [5.74, 6) is -0.497. The molecule has 1 fully saturated rings. The van der Waals surface area contributed by atoms with Crippen LogP contribution in [0.15, 0.2) is 29.9 Å². The Balaban J connectivity index is 1.57. The summed E-state index contributed by atoms with van der Waals surface area (Å²) < 4.78 is 26.3. The summed E-state index contributed by atoms with van der Waals surface area (Å²) in [6.45, 7) is 2.95. The van der Waals surface area contributed by atoms with E-state index in [-0.39, 0.29) is 0 Å². The molecule has 1 aromatic heterocycles. The van der Waals surface area contributed by atoms with Crippen LogP contribution in [0.25, 0.3) is 0 Å². The molecule has 0 N–H and O–H groups in total. The van der Waals surface area contributed by atoms with E-state index in [1.807, 2.05) is 11.7 Å². The van der Waals surface area contributed by atoms with Gasteiger partial charge in [-0.25, -0.2) is 8.78 Å². The van der Waals surface area contributed by atoms with Gasteiger partial charge in [0.25, 0.3) is 0 Å². The van der Waals surface area contributed by atoms with E-state index in [1.165, 1.54) is 17.0 Å².